The molecule has 4 aromatic rings. The number of hydrogen-bond acceptors (Lipinski definition) is 4. The van der Waals surface area contributed by atoms with E-state index in [0.717, 1.165) is 31.4 Å². The Morgan fingerprint density at radius 1 is 1.13 bits per heavy atom. The maximum Gasteiger partial charge on any atom is 0.323 e. The number of hydrogen-bond donors (Lipinski definition) is 4. The number of fused-ring (bicyclic) bond motifs is 1. The Morgan fingerprint density at radius 2 is 1.87 bits per heavy atom. The van der Waals surface area contributed by atoms with E-state index < -0.39 is 11.8 Å². The van der Waals surface area contributed by atoms with E-state index in [1.807, 2.05) is 24.3 Å². The predicted molar refractivity (Wildman–Crippen MR) is 120 cm³/mol. The van der Waals surface area contributed by atoms with Crippen LogP contribution in [0.15, 0.2) is 59.1 Å². The van der Waals surface area contributed by atoms with Crippen LogP contribution in [-0.4, -0.2) is 16.2 Å². The van der Waals surface area contributed by atoms with Crippen LogP contribution in [0.3, 0.4) is 0 Å². The number of amides is 2. The molecule has 1 heterocycles. The molecule has 0 saturated heterocycles. The quantitative estimate of drug-likeness (QED) is 0.354. The molecule has 0 fully saturated rings. The molecule has 0 spiro atoms. The van der Waals surface area contributed by atoms with Crippen LogP contribution in [0.2, 0.25) is 0 Å². The Kier molecular flexibility index (Phi) is 5.15. The SMILES string of the molecule is NCc1ccc(F)c(N(C(N)=O)c2ccc(-c3ccc(Br)c4[nH]nc(N)c34)cc2)c1. The van der Waals surface area contributed by atoms with Crippen molar-refractivity contribution in [2.24, 2.45) is 11.5 Å². The number of urea groups is 1. The number of nitrogens with two attached hydrogens (primary N) is 3. The van der Waals surface area contributed by atoms with Gasteiger partial charge in [0.2, 0.25) is 0 Å². The number of primary amides is 1. The number of nitrogens with zero attached hydrogens (tertiary/aromatic N) is 2. The average Bonchev–Trinajstić information content (AvgIpc) is 3.13. The van der Waals surface area contributed by atoms with Gasteiger partial charge in [-0.2, -0.15) is 5.10 Å². The van der Waals surface area contributed by atoms with Crippen LogP contribution in [-0.2, 0) is 6.54 Å². The van der Waals surface area contributed by atoms with Crippen LogP contribution in [0.4, 0.5) is 26.4 Å². The molecular weight excluding hydrogens is 451 g/mol. The summed E-state index contributed by atoms with van der Waals surface area (Å²) in [6.07, 6.45) is 0. The highest BCUT2D eigenvalue weighted by Crippen LogP contribution is 2.37. The number of anilines is 3. The molecule has 0 unspecified atom stereocenters. The van der Waals surface area contributed by atoms with Crippen LogP contribution >= 0.6 is 15.9 Å². The summed E-state index contributed by atoms with van der Waals surface area (Å²) < 4.78 is 15.3. The fourth-order valence-electron chi connectivity index (χ4n) is 3.40. The van der Waals surface area contributed by atoms with Gasteiger partial charge in [-0.1, -0.05) is 24.3 Å². The van der Waals surface area contributed by atoms with Gasteiger partial charge in [0.25, 0.3) is 0 Å². The molecule has 1 aromatic heterocycles. The van der Waals surface area contributed by atoms with Gasteiger partial charge in [-0.25, -0.2) is 9.18 Å². The van der Waals surface area contributed by atoms with E-state index in [4.69, 9.17) is 17.2 Å². The Balaban J connectivity index is 1.79. The molecule has 0 aliphatic carbocycles. The van der Waals surface area contributed by atoms with Gasteiger partial charge >= 0.3 is 6.03 Å². The molecule has 4 rings (SSSR count). The number of rotatable bonds is 4. The molecule has 0 radical (unpaired) electrons. The van der Waals surface area contributed by atoms with Crippen molar-refractivity contribution in [1.29, 1.82) is 0 Å². The number of aromatic amines is 1. The van der Waals surface area contributed by atoms with Gasteiger partial charge in [0.1, 0.15) is 5.82 Å². The van der Waals surface area contributed by atoms with Gasteiger partial charge in [-0.15, -0.1) is 0 Å². The van der Waals surface area contributed by atoms with Crippen molar-refractivity contribution >= 4 is 50.1 Å². The highest BCUT2D eigenvalue weighted by molar-refractivity contribution is 9.10. The van der Waals surface area contributed by atoms with Crippen molar-refractivity contribution < 1.29 is 9.18 Å². The summed E-state index contributed by atoms with van der Waals surface area (Å²) in [7, 11) is 0. The van der Waals surface area contributed by atoms with Crippen molar-refractivity contribution in [2.75, 3.05) is 10.6 Å². The summed E-state index contributed by atoms with van der Waals surface area (Å²) >= 11 is 3.48. The first-order valence-electron chi connectivity index (χ1n) is 9.01. The maximum atomic E-state index is 14.4. The highest BCUT2D eigenvalue weighted by atomic mass is 79.9. The number of halogens is 2. The van der Waals surface area contributed by atoms with Crippen molar-refractivity contribution in [3.8, 4) is 11.1 Å². The third-order valence-electron chi connectivity index (χ3n) is 4.84. The first-order chi connectivity index (χ1) is 14.4. The number of H-pyrrole nitrogens is 1. The molecule has 7 N–H and O–H groups in total. The first kappa shape index (κ1) is 19.9. The third kappa shape index (κ3) is 3.38. The maximum absolute atomic E-state index is 14.4. The lowest BCUT2D eigenvalue weighted by molar-refractivity contribution is 0.256. The Hall–Kier alpha value is -3.43. The first-order valence-corrected chi connectivity index (χ1v) is 9.80. The summed E-state index contributed by atoms with van der Waals surface area (Å²) in [5.74, 6) is -0.194. The monoisotopic (exact) mass is 468 g/mol. The highest BCUT2D eigenvalue weighted by Gasteiger charge is 2.20. The molecule has 0 aliphatic heterocycles. The summed E-state index contributed by atoms with van der Waals surface area (Å²) in [6, 6.07) is 14.4. The van der Waals surface area contributed by atoms with Gasteiger partial charge in [0.05, 0.1) is 22.3 Å². The molecule has 3 aromatic carbocycles. The standard InChI is InChI=1S/C21H18BrFN6O/c22-15-7-6-14(18-19(15)27-28-20(18)25)12-2-4-13(5-3-12)29(21(26)30)17-9-11(10-24)1-8-16(17)23/h1-9H,10,24H2,(H2,26,30)(H3,25,27,28). The minimum atomic E-state index is -0.805. The molecule has 0 saturated carbocycles. The minimum absolute atomic E-state index is 0.0447. The van der Waals surface area contributed by atoms with Crippen LogP contribution in [0.1, 0.15) is 5.56 Å². The van der Waals surface area contributed by atoms with Gasteiger partial charge in [-0.05, 0) is 63.0 Å². The van der Waals surface area contributed by atoms with Gasteiger partial charge in [0.15, 0.2) is 5.82 Å². The van der Waals surface area contributed by atoms with Crippen molar-refractivity contribution in [3.05, 3.63) is 70.5 Å². The lowest BCUT2D eigenvalue weighted by Gasteiger charge is -2.22. The zero-order chi connectivity index (χ0) is 21.4. The molecule has 9 heteroatoms. The van der Waals surface area contributed by atoms with E-state index >= 15 is 0 Å². The van der Waals surface area contributed by atoms with Crippen molar-refractivity contribution in [2.45, 2.75) is 6.54 Å². The van der Waals surface area contributed by atoms with E-state index in [1.165, 1.54) is 12.1 Å². The second-order valence-electron chi connectivity index (χ2n) is 6.66. The average molecular weight is 469 g/mol. The van der Waals surface area contributed by atoms with E-state index in [9.17, 15) is 9.18 Å². The van der Waals surface area contributed by atoms with Crippen LogP contribution in [0, 0.1) is 5.82 Å². The number of benzene rings is 3. The number of carbonyl (C=O) groups excluding carboxylic acids is 1. The predicted octanol–water partition coefficient (Wildman–Crippen LogP) is 4.39. The molecule has 0 atom stereocenters. The fraction of sp³-hybridized carbons (Fsp3) is 0.0476. The van der Waals surface area contributed by atoms with Gasteiger partial charge in [0, 0.05) is 11.0 Å². The molecule has 152 valence electrons. The van der Waals surface area contributed by atoms with Crippen LogP contribution < -0.4 is 22.1 Å². The Labute approximate surface area is 179 Å². The third-order valence-corrected chi connectivity index (χ3v) is 5.50. The lowest BCUT2D eigenvalue weighted by atomic mass is 10.0. The smallest absolute Gasteiger partial charge is 0.323 e. The molecule has 0 bridgehead atoms. The molecule has 2 amide bonds. The molecular formula is C21H18BrFN6O. The lowest BCUT2D eigenvalue weighted by Crippen LogP contribution is -2.32. The number of nitrogen functional groups attached to an aromatic ring is 1. The number of carbonyl (C=O) groups is 1. The summed E-state index contributed by atoms with van der Waals surface area (Å²) in [5.41, 5.74) is 20.9. The molecule has 7 nitrogen and oxygen atoms in total. The van der Waals surface area contributed by atoms with E-state index in [2.05, 4.69) is 26.1 Å². The summed E-state index contributed by atoms with van der Waals surface area (Å²) in [4.78, 5) is 13.3. The Bertz CT molecular complexity index is 1250. The van der Waals surface area contributed by atoms with Crippen LogP contribution in [0.5, 0.6) is 0 Å². The van der Waals surface area contributed by atoms with Crippen molar-refractivity contribution in [1.82, 2.24) is 10.2 Å². The van der Waals surface area contributed by atoms with Gasteiger partial charge < -0.3 is 17.2 Å². The van der Waals surface area contributed by atoms with E-state index in [0.29, 0.717) is 17.1 Å². The summed E-state index contributed by atoms with van der Waals surface area (Å²) in [6.45, 7) is 0.213. The number of aromatic nitrogens is 2. The number of nitrogens with one attached hydrogen (secondary N) is 1. The molecule has 30 heavy (non-hydrogen) atoms. The fourth-order valence-corrected chi connectivity index (χ4v) is 3.82. The normalized spacial score (nSPS) is 11.0. The Morgan fingerprint density at radius 3 is 2.53 bits per heavy atom. The van der Waals surface area contributed by atoms with Gasteiger partial charge in [-0.3, -0.25) is 10.00 Å². The van der Waals surface area contributed by atoms with Crippen LogP contribution in [0.25, 0.3) is 22.0 Å². The van der Waals surface area contributed by atoms with E-state index in [-0.39, 0.29) is 12.2 Å². The topological polar surface area (TPSA) is 127 Å². The minimum Gasteiger partial charge on any atom is -0.382 e. The molecule has 0 aliphatic rings. The second-order valence-corrected chi connectivity index (χ2v) is 7.52. The van der Waals surface area contributed by atoms with E-state index in [1.54, 1.807) is 18.2 Å². The zero-order valence-electron chi connectivity index (χ0n) is 15.7. The largest absolute Gasteiger partial charge is 0.382 e. The van der Waals surface area contributed by atoms with Crippen molar-refractivity contribution in [3.63, 3.8) is 0 Å². The second kappa shape index (κ2) is 7.77. The summed E-state index contributed by atoms with van der Waals surface area (Å²) in [5, 5.41) is 7.77. The zero-order valence-corrected chi connectivity index (χ0v) is 17.3.